The second kappa shape index (κ2) is 8.95. The Morgan fingerprint density at radius 3 is 2.26 bits per heavy atom. The van der Waals surface area contributed by atoms with Crippen molar-refractivity contribution in [2.45, 2.75) is 32.9 Å². The van der Waals surface area contributed by atoms with E-state index in [1.54, 1.807) is 7.11 Å². The number of nitrogens with one attached hydrogen (secondary N) is 1. The van der Waals surface area contributed by atoms with Crippen molar-refractivity contribution < 1.29 is 4.74 Å². The summed E-state index contributed by atoms with van der Waals surface area (Å²) >= 11 is 5.92. The molecule has 5 rings (SSSR count). The molecule has 1 fully saturated rings. The third-order valence-electron chi connectivity index (χ3n) is 6.32. The van der Waals surface area contributed by atoms with Gasteiger partial charge in [-0.2, -0.15) is 0 Å². The molecule has 4 aromatic rings. The van der Waals surface area contributed by atoms with Crippen LogP contribution in [0.5, 0.6) is 5.75 Å². The molecule has 2 aromatic heterocycles. The van der Waals surface area contributed by atoms with Crippen molar-refractivity contribution >= 4 is 23.0 Å². The molecule has 1 saturated heterocycles. The fourth-order valence-corrected chi connectivity index (χ4v) is 5.24. The molecule has 6 heteroatoms. The van der Waals surface area contributed by atoms with Crippen LogP contribution in [0.15, 0.2) is 79.0 Å². The van der Waals surface area contributed by atoms with Crippen LogP contribution in [0.2, 0.25) is 0 Å². The van der Waals surface area contributed by atoms with E-state index >= 15 is 0 Å². The predicted octanol–water partition coefficient (Wildman–Crippen LogP) is 5.98. The minimum Gasteiger partial charge on any atom is -0.497 e. The van der Waals surface area contributed by atoms with E-state index in [1.807, 2.05) is 30.5 Å². The van der Waals surface area contributed by atoms with Gasteiger partial charge in [0.2, 0.25) is 0 Å². The number of hydrogen-bond acceptors (Lipinski definition) is 3. The summed E-state index contributed by atoms with van der Waals surface area (Å²) in [6.07, 6.45) is 1.84. The van der Waals surface area contributed by atoms with Gasteiger partial charge < -0.3 is 19.5 Å². The van der Waals surface area contributed by atoms with Crippen molar-refractivity contribution in [2.24, 2.45) is 0 Å². The quantitative estimate of drug-likeness (QED) is 0.365. The Labute approximate surface area is 206 Å². The Morgan fingerprint density at radius 1 is 0.882 bits per heavy atom. The zero-order chi connectivity index (χ0) is 23.8. The van der Waals surface area contributed by atoms with Crippen LogP contribution in [0.25, 0.3) is 5.69 Å². The molecule has 0 saturated carbocycles. The molecule has 1 aliphatic rings. The molecule has 0 radical (unpaired) electrons. The summed E-state index contributed by atoms with van der Waals surface area (Å²) in [6, 6.07) is 25.0. The Hall–Kier alpha value is -3.64. The number of methoxy groups -OCH3 is 1. The van der Waals surface area contributed by atoms with Gasteiger partial charge in [0, 0.05) is 29.0 Å². The van der Waals surface area contributed by atoms with Gasteiger partial charge in [-0.15, -0.1) is 0 Å². The average Bonchev–Trinajstić information content (AvgIpc) is 3.38. The van der Waals surface area contributed by atoms with Crippen molar-refractivity contribution in [3.8, 4) is 11.4 Å². The molecule has 0 amide bonds. The van der Waals surface area contributed by atoms with E-state index in [9.17, 15) is 0 Å². The molecule has 172 valence electrons. The molecule has 2 atom stereocenters. The molecule has 0 unspecified atom stereocenters. The van der Waals surface area contributed by atoms with Gasteiger partial charge in [0.15, 0.2) is 5.11 Å². The van der Waals surface area contributed by atoms with Crippen LogP contribution in [-0.2, 0) is 0 Å². The van der Waals surface area contributed by atoms with Gasteiger partial charge in [-0.05, 0) is 105 Å². The van der Waals surface area contributed by atoms with Crippen molar-refractivity contribution in [3.05, 3.63) is 107 Å². The van der Waals surface area contributed by atoms with E-state index in [2.05, 4.69) is 84.1 Å². The van der Waals surface area contributed by atoms with Crippen LogP contribution in [0.4, 0.5) is 5.69 Å². The van der Waals surface area contributed by atoms with Crippen LogP contribution in [0.3, 0.4) is 0 Å². The number of rotatable bonds is 5. The minimum atomic E-state index is -0.0965. The Bertz CT molecular complexity index is 1310. The molecule has 3 heterocycles. The van der Waals surface area contributed by atoms with Gasteiger partial charge in [-0.1, -0.05) is 12.1 Å². The van der Waals surface area contributed by atoms with Gasteiger partial charge in [0.05, 0.1) is 18.8 Å². The highest BCUT2D eigenvalue weighted by atomic mass is 32.1. The Balaban J connectivity index is 1.70. The molecule has 1 aliphatic heterocycles. The summed E-state index contributed by atoms with van der Waals surface area (Å²) < 4.78 is 7.68. The van der Waals surface area contributed by atoms with Crippen molar-refractivity contribution in [3.63, 3.8) is 0 Å². The van der Waals surface area contributed by atoms with E-state index in [0.717, 1.165) is 34.2 Å². The lowest BCUT2D eigenvalue weighted by molar-refractivity contribution is 0.414. The van der Waals surface area contributed by atoms with E-state index < -0.39 is 0 Å². The third kappa shape index (κ3) is 3.94. The summed E-state index contributed by atoms with van der Waals surface area (Å²) in [5, 5.41) is 4.27. The maximum absolute atomic E-state index is 5.92. The maximum atomic E-state index is 5.92. The van der Waals surface area contributed by atoms with E-state index in [4.69, 9.17) is 21.9 Å². The number of aryl methyl sites for hydroxylation is 3. The average molecular weight is 469 g/mol. The molecule has 0 spiro atoms. The largest absolute Gasteiger partial charge is 0.497 e. The predicted molar refractivity (Wildman–Crippen MR) is 141 cm³/mol. The molecular formula is C28H28N4OS. The van der Waals surface area contributed by atoms with Gasteiger partial charge in [-0.3, -0.25) is 4.98 Å². The van der Waals surface area contributed by atoms with Crippen LogP contribution < -0.4 is 15.0 Å². The van der Waals surface area contributed by atoms with Crippen LogP contribution in [0.1, 0.15) is 40.3 Å². The van der Waals surface area contributed by atoms with Crippen molar-refractivity contribution in [1.82, 2.24) is 14.9 Å². The normalized spacial score (nSPS) is 17.6. The van der Waals surface area contributed by atoms with Gasteiger partial charge in [-0.25, -0.2) is 0 Å². The molecular weight excluding hydrogens is 440 g/mol. The zero-order valence-corrected chi connectivity index (χ0v) is 20.6. The number of benzene rings is 2. The number of aromatic nitrogens is 2. The van der Waals surface area contributed by atoms with E-state index in [-0.39, 0.29) is 12.1 Å². The molecule has 1 N–H and O–H groups in total. The molecule has 0 bridgehead atoms. The standard InChI is InChI=1S/C28H28N4OS/c1-18-15-19(2)17-22(16-18)32-27(26(30-28(32)34)24-7-5-6-14-29-24)25-13-8-20(3)31(25)21-9-11-23(33-4)12-10-21/h5-17,26-27H,1-4H3,(H,30,34)/t26-,27+/m0/s1. The van der Waals surface area contributed by atoms with Crippen LogP contribution in [0, 0.1) is 20.8 Å². The fraction of sp³-hybridized carbons (Fsp3) is 0.214. The summed E-state index contributed by atoms with van der Waals surface area (Å²) in [7, 11) is 1.69. The van der Waals surface area contributed by atoms with Crippen molar-refractivity contribution in [2.75, 3.05) is 12.0 Å². The first-order valence-electron chi connectivity index (χ1n) is 11.4. The highest BCUT2D eigenvalue weighted by molar-refractivity contribution is 7.80. The van der Waals surface area contributed by atoms with Gasteiger partial charge in [0.1, 0.15) is 11.8 Å². The summed E-state index contributed by atoms with van der Waals surface area (Å²) in [4.78, 5) is 6.93. The number of thiocarbonyl (C=S) groups is 1. The topological polar surface area (TPSA) is 42.3 Å². The number of anilines is 1. The monoisotopic (exact) mass is 468 g/mol. The first-order chi connectivity index (χ1) is 16.5. The highest BCUT2D eigenvalue weighted by Gasteiger charge is 2.42. The number of nitrogens with zero attached hydrogens (tertiary/aromatic N) is 3. The smallest absolute Gasteiger partial charge is 0.174 e. The second-order valence-electron chi connectivity index (χ2n) is 8.78. The van der Waals surface area contributed by atoms with Crippen LogP contribution >= 0.6 is 12.2 Å². The number of ether oxygens (including phenoxy) is 1. The third-order valence-corrected chi connectivity index (χ3v) is 6.64. The first-order valence-corrected chi connectivity index (χ1v) is 11.8. The molecule has 34 heavy (non-hydrogen) atoms. The Kier molecular flexibility index (Phi) is 5.84. The number of hydrogen-bond donors (Lipinski definition) is 1. The minimum absolute atomic E-state index is 0.0839. The highest BCUT2D eigenvalue weighted by Crippen LogP contribution is 2.43. The summed E-state index contributed by atoms with van der Waals surface area (Å²) in [6.45, 7) is 6.38. The fourth-order valence-electron chi connectivity index (χ4n) is 4.90. The summed E-state index contributed by atoms with van der Waals surface area (Å²) in [5.41, 5.74) is 7.83. The van der Waals surface area contributed by atoms with Gasteiger partial charge >= 0.3 is 0 Å². The maximum Gasteiger partial charge on any atom is 0.174 e. The lowest BCUT2D eigenvalue weighted by Crippen LogP contribution is -2.30. The van der Waals surface area contributed by atoms with Crippen molar-refractivity contribution in [1.29, 1.82) is 0 Å². The second-order valence-corrected chi connectivity index (χ2v) is 9.16. The lowest BCUT2D eigenvalue weighted by Gasteiger charge is -2.30. The molecule has 0 aliphatic carbocycles. The zero-order valence-electron chi connectivity index (χ0n) is 19.8. The Morgan fingerprint density at radius 2 is 1.62 bits per heavy atom. The molecule has 5 nitrogen and oxygen atoms in total. The molecule has 2 aromatic carbocycles. The first kappa shape index (κ1) is 22.2. The van der Waals surface area contributed by atoms with Gasteiger partial charge in [0.25, 0.3) is 0 Å². The summed E-state index contributed by atoms with van der Waals surface area (Å²) in [5.74, 6) is 0.835. The van der Waals surface area contributed by atoms with Crippen LogP contribution in [-0.4, -0.2) is 21.8 Å². The lowest BCUT2D eigenvalue weighted by atomic mass is 10.00. The van der Waals surface area contributed by atoms with E-state index in [0.29, 0.717) is 5.11 Å². The SMILES string of the molecule is COc1ccc(-n2c(C)ccc2[C@@H]2[C@H](c3ccccn3)NC(=S)N2c2cc(C)cc(C)c2)cc1. The van der Waals surface area contributed by atoms with E-state index in [1.165, 1.54) is 11.1 Å². The number of pyridine rings is 1.